The van der Waals surface area contributed by atoms with Crippen LogP contribution >= 0.6 is 0 Å². The molecule has 0 saturated heterocycles. The molecule has 0 aliphatic carbocycles. The van der Waals surface area contributed by atoms with Crippen molar-refractivity contribution in [3.8, 4) is 11.5 Å². The number of H-pyrrole nitrogens is 1. The molecule has 1 N–H and O–H groups in total. The number of rotatable bonds is 10. The lowest BCUT2D eigenvalue weighted by atomic mass is 10.00. The molecule has 0 unspecified atom stereocenters. The minimum atomic E-state index is -0.288. The van der Waals surface area contributed by atoms with E-state index in [0.29, 0.717) is 35.7 Å². The lowest BCUT2D eigenvalue weighted by molar-refractivity contribution is 0.145. The van der Waals surface area contributed by atoms with Crippen molar-refractivity contribution in [3.05, 3.63) is 75.6 Å². The van der Waals surface area contributed by atoms with Crippen molar-refractivity contribution in [2.75, 3.05) is 6.79 Å². The number of hydrogen-bond acceptors (Lipinski definition) is 7. The zero-order valence-corrected chi connectivity index (χ0v) is 22.2. The molecule has 1 atom stereocenters. The number of benzene rings is 2. The Bertz CT molecular complexity index is 1480. The Kier molecular flexibility index (Phi) is 7.16. The number of tetrazole rings is 1. The van der Waals surface area contributed by atoms with Gasteiger partial charge in [-0.1, -0.05) is 32.4 Å². The summed E-state index contributed by atoms with van der Waals surface area (Å²) in [7, 11) is 0. The molecule has 0 amide bonds. The highest BCUT2D eigenvalue weighted by molar-refractivity contribution is 5.83. The highest BCUT2D eigenvalue weighted by Gasteiger charge is 2.31. The Morgan fingerprint density at radius 3 is 2.55 bits per heavy atom. The van der Waals surface area contributed by atoms with E-state index in [0.717, 1.165) is 36.0 Å². The van der Waals surface area contributed by atoms with Gasteiger partial charge in [0, 0.05) is 30.1 Å². The molecule has 38 heavy (non-hydrogen) atoms. The quantitative estimate of drug-likeness (QED) is 0.312. The van der Waals surface area contributed by atoms with Crippen molar-refractivity contribution in [3.63, 3.8) is 0 Å². The average Bonchev–Trinajstić information content (AvgIpc) is 3.57. The first-order valence-electron chi connectivity index (χ1n) is 13.0. The van der Waals surface area contributed by atoms with E-state index in [4.69, 9.17) is 9.47 Å². The lowest BCUT2D eigenvalue weighted by Crippen LogP contribution is -2.36. The van der Waals surface area contributed by atoms with E-state index >= 15 is 0 Å². The maximum absolute atomic E-state index is 13.7. The minimum absolute atomic E-state index is 0.162. The average molecular weight is 521 g/mol. The van der Waals surface area contributed by atoms with Crippen molar-refractivity contribution in [1.82, 2.24) is 30.1 Å². The van der Waals surface area contributed by atoms with Crippen molar-refractivity contribution < 1.29 is 13.9 Å². The van der Waals surface area contributed by atoms with Gasteiger partial charge in [-0.15, -0.1) is 5.10 Å². The van der Waals surface area contributed by atoms with Crippen LogP contribution in [0.3, 0.4) is 0 Å². The van der Waals surface area contributed by atoms with E-state index in [-0.39, 0.29) is 29.8 Å². The molecule has 10 heteroatoms. The van der Waals surface area contributed by atoms with E-state index < -0.39 is 0 Å². The second-order valence-electron chi connectivity index (χ2n) is 10.4. The Labute approximate surface area is 220 Å². The Morgan fingerprint density at radius 2 is 1.84 bits per heavy atom. The molecular weight excluding hydrogens is 487 g/mol. The summed E-state index contributed by atoms with van der Waals surface area (Å²) in [5, 5.41) is 13.7. The van der Waals surface area contributed by atoms with E-state index in [9.17, 15) is 9.18 Å². The molecule has 0 saturated carbocycles. The fraction of sp³-hybridized carbons (Fsp3) is 0.429. The highest BCUT2D eigenvalue weighted by Crippen LogP contribution is 2.36. The second kappa shape index (κ2) is 10.5. The number of hydrogen-bond donors (Lipinski definition) is 1. The van der Waals surface area contributed by atoms with Gasteiger partial charge in [0.05, 0.1) is 17.1 Å². The van der Waals surface area contributed by atoms with Gasteiger partial charge in [-0.3, -0.25) is 9.69 Å². The largest absolute Gasteiger partial charge is 0.454 e. The SMILES string of the molecule is CCC[C@H](c1nnnn1C(C)(C)CC)N(Cc1ccc(F)cc1)Cc1cc2cc3c(cc2[nH]c1=O)OCO3. The van der Waals surface area contributed by atoms with Gasteiger partial charge >= 0.3 is 0 Å². The van der Waals surface area contributed by atoms with Gasteiger partial charge in [0.25, 0.3) is 5.56 Å². The monoisotopic (exact) mass is 520 g/mol. The molecule has 3 heterocycles. The fourth-order valence-electron chi connectivity index (χ4n) is 4.81. The van der Waals surface area contributed by atoms with Crippen LogP contribution < -0.4 is 15.0 Å². The molecular formula is C28H33FN6O3. The number of ether oxygens (including phenoxy) is 2. The summed E-state index contributed by atoms with van der Waals surface area (Å²) in [6.45, 7) is 9.45. The third-order valence-electron chi connectivity index (χ3n) is 7.32. The standard InChI is InChI=1S/C28H33FN6O3/c1-5-7-23(26-31-32-33-35(26)28(3,4)6-2)34(15-18-8-10-21(29)11-9-18)16-20-12-19-13-24-25(38-17-37-24)14-22(19)30-27(20)36/h8-14,23H,5-7,15-17H2,1-4H3,(H,30,36)/t23-/m1/s1. The summed E-state index contributed by atoms with van der Waals surface area (Å²) in [6, 6.07) is 11.9. The molecule has 1 aliphatic heterocycles. The fourth-order valence-corrected chi connectivity index (χ4v) is 4.81. The van der Waals surface area contributed by atoms with Crippen LogP contribution in [0.25, 0.3) is 10.9 Å². The summed E-state index contributed by atoms with van der Waals surface area (Å²) >= 11 is 0. The number of aromatic nitrogens is 5. The topological polar surface area (TPSA) is 98.2 Å². The van der Waals surface area contributed by atoms with E-state index in [1.165, 1.54) is 12.1 Å². The third-order valence-corrected chi connectivity index (χ3v) is 7.32. The van der Waals surface area contributed by atoms with Gasteiger partial charge in [0.2, 0.25) is 6.79 Å². The van der Waals surface area contributed by atoms with Crippen LogP contribution in [0.15, 0.2) is 47.3 Å². The number of nitrogens with zero attached hydrogens (tertiary/aromatic N) is 5. The highest BCUT2D eigenvalue weighted by atomic mass is 19.1. The second-order valence-corrected chi connectivity index (χ2v) is 10.4. The van der Waals surface area contributed by atoms with Crippen molar-refractivity contribution in [1.29, 1.82) is 0 Å². The number of aromatic amines is 1. The number of fused-ring (bicyclic) bond motifs is 2. The summed E-state index contributed by atoms with van der Waals surface area (Å²) in [5.41, 5.74) is 1.76. The Morgan fingerprint density at radius 1 is 1.11 bits per heavy atom. The minimum Gasteiger partial charge on any atom is -0.454 e. The first-order valence-corrected chi connectivity index (χ1v) is 13.0. The molecule has 0 bridgehead atoms. The van der Waals surface area contributed by atoms with Gasteiger partial charge in [-0.25, -0.2) is 9.07 Å². The smallest absolute Gasteiger partial charge is 0.252 e. The van der Waals surface area contributed by atoms with Gasteiger partial charge in [-0.2, -0.15) is 0 Å². The van der Waals surface area contributed by atoms with E-state index in [2.05, 4.69) is 53.1 Å². The van der Waals surface area contributed by atoms with Crippen LogP contribution in [0.5, 0.6) is 11.5 Å². The normalized spacial score (nSPS) is 13.9. The molecule has 200 valence electrons. The molecule has 1 aliphatic rings. The lowest BCUT2D eigenvalue weighted by Gasteiger charge is -2.33. The van der Waals surface area contributed by atoms with Crippen LogP contribution in [0.2, 0.25) is 0 Å². The van der Waals surface area contributed by atoms with Crippen molar-refractivity contribution in [2.45, 2.75) is 71.6 Å². The van der Waals surface area contributed by atoms with E-state index in [1.807, 2.05) is 16.8 Å². The van der Waals surface area contributed by atoms with Gasteiger partial charge in [0.1, 0.15) is 5.82 Å². The van der Waals surface area contributed by atoms with Crippen LogP contribution in [-0.4, -0.2) is 36.9 Å². The molecule has 5 rings (SSSR count). The molecule has 9 nitrogen and oxygen atoms in total. The Hall–Kier alpha value is -3.79. The van der Waals surface area contributed by atoms with Gasteiger partial charge in [-0.05, 0) is 66.9 Å². The van der Waals surface area contributed by atoms with Crippen LogP contribution in [-0.2, 0) is 18.6 Å². The maximum Gasteiger partial charge on any atom is 0.252 e. The number of pyridine rings is 1. The predicted octanol–water partition coefficient (Wildman–Crippen LogP) is 5.07. The number of nitrogens with one attached hydrogen (secondary N) is 1. The summed E-state index contributed by atoms with van der Waals surface area (Å²) < 4.78 is 26.6. The van der Waals surface area contributed by atoms with Crippen molar-refractivity contribution in [2.24, 2.45) is 0 Å². The zero-order chi connectivity index (χ0) is 26.9. The maximum atomic E-state index is 13.7. The summed E-state index contributed by atoms with van der Waals surface area (Å²) in [4.78, 5) is 18.5. The van der Waals surface area contributed by atoms with Crippen molar-refractivity contribution >= 4 is 10.9 Å². The van der Waals surface area contributed by atoms with Crippen LogP contribution in [0.4, 0.5) is 4.39 Å². The van der Waals surface area contributed by atoms with Crippen LogP contribution in [0, 0.1) is 5.82 Å². The van der Waals surface area contributed by atoms with Gasteiger partial charge in [0.15, 0.2) is 17.3 Å². The zero-order valence-electron chi connectivity index (χ0n) is 22.2. The molecule has 4 aromatic rings. The van der Waals surface area contributed by atoms with Crippen LogP contribution in [0.1, 0.15) is 70.0 Å². The van der Waals surface area contributed by atoms with Gasteiger partial charge < -0.3 is 14.5 Å². The first kappa shape index (κ1) is 25.8. The Balaban J connectivity index is 1.57. The molecule has 2 aromatic heterocycles. The molecule has 0 spiro atoms. The third kappa shape index (κ3) is 5.13. The molecule has 0 radical (unpaired) electrons. The first-order chi connectivity index (χ1) is 18.3. The molecule has 2 aromatic carbocycles. The summed E-state index contributed by atoms with van der Waals surface area (Å²) in [6.07, 6.45) is 2.52. The predicted molar refractivity (Wildman–Crippen MR) is 141 cm³/mol. The number of halogens is 1. The van der Waals surface area contributed by atoms with E-state index in [1.54, 1.807) is 18.2 Å². The molecule has 0 fully saturated rings. The summed E-state index contributed by atoms with van der Waals surface area (Å²) in [5.74, 6) is 1.74.